The largest absolute Gasteiger partial charge is 0.496 e. The molecule has 0 atom stereocenters. The summed E-state index contributed by atoms with van der Waals surface area (Å²) in [6, 6.07) is 10.9. The summed E-state index contributed by atoms with van der Waals surface area (Å²) in [7, 11) is 3.20. The number of hydrogen-bond acceptors (Lipinski definition) is 3. The van der Waals surface area contributed by atoms with Gasteiger partial charge in [0.15, 0.2) is 0 Å². The molecule has 0 heterocycles. The summed E-state index contributed by atoms with van der Waals surface area (Å²) in [6.07, 6.45) is 0. The van der Waals surface area contributed by atoms with Crippen molar-refractivity contribution >= 4 is 27.5 Å². The highest BCUT2D eigenvalue weighted by Crippen LogP contribution is 2.35. The van der Waals surface area contributed by atoms with Crippen molar-refractivity contribution in [3.8, 4) is 23.0 Å². The standard InChI is InChI=1S/C15H14BrClO3/c1-18-10-6-11(19-2)8-12(7-10)20-15-5-3-4-14(17)13(15)9-16/h3-8H,9H2,1-2H3. The third kappa shape index (κ3) is 3.38. The van der Waals surface area contributed by atoms with Gasteiger partial charge in [-0.25, -0.2) is 0 Å². The smallest absolute Gasteiger partial charge is 0.134 e. The normalized spacial score (nSPS) is 10.2. The highest BCUT2D eigenvalue weighted by Gasteiger charge is 2.10. The van der Waals surface area contributed by atoms with Crippen LogP contribution in [0, 0.1) is 0 Å². The fraction of sp³-hybridized carbons (Fsp3) is 0.200. The van der Waals surface area contributed by atoms with Gasteiger partial charge in [-0.05, 0) is 12.1 Å². The second-order valence-electron chi connectivity index (χ2n) is 4.00. The van der Waals surface area contributed by atoms with Gasteiger partial charge in [0.1, 0.15) is 23.0 Å². The highest BCUT2D eigenvalue weighted by atomic mass is 79.9. The number of hydrogen-bond donors (Lipinski definition) is 0. The molecule has 2 aromatic rings. The molecule has 5 heteroatoms. The zero-order valence-corrected chi connectivity index (χ0v) is 13.5. The number of alkyl halides is 1. The Morgan fingerprint density at radius 1 is 1.00 bits per heavy atom. The summed E-state index contributed by atoms with van der Waals surface area (Å²) in [4.78, 5) is 0. The minimum atomic E-state index is 0.614. The molecule has 0 N–H and O–H groups in total. The highest BCUT2D eigenvalue weighted by molar-refractivity contribution is 9.08. The third-order valence-electron chi connectivity index (χ3n) is 2.76. The molecule has 3 nitrogen and oxygen atoms in total. The van der Waals surface area contributed by atoms with E-state index in [0.717, 1.165) is 5.56 Å². The van der Waals surface area contributed by atoms with Gasteiger partial charge in [-0.2, -0.15) is 0 Å². The molecule has 0 aliphatic carbocycles. The van der Waals surface area contributed by atoms with Crippen molar-refractivity contribution in [2.75, 3.05) is 14.2 Å². The Hall–Kier alpha value is -1.39. The van der Waals surface area contributed by atoms with Gasteiger partial charge in [0.25, 0.3) is 0 Å². The van der Waals surface area contributed by atoms with Crippen LogP contribution in [0.5, 0.6) is 23.0 Å². The Balaban J connectivity index is 2.37. The molecule has 0 bridgehead atoms. The molecule has 0 aromatic heterocycles. The average Bonchev–Trinajstić information content (AvgIpc) is 2.47. The molecule has 2 aromatic carbocycles. The third-order valence-corrected chi connectivity index (χ3v) is 3.68. The van der Waals surface area contributed by atoms with Crippen molar-refractivity contribution in [2.24, 2.45) is 0 Å². The first-order valence-electron chi connectivity index (χ1n) is 5.92. The quantitative estimate of drug-likeness (QED) is 0.701. The fourth-order valence-electron chi connectivity index (χ4n) is 1.73. The van der Waals surface area contributed by atoms with Crippen LogP contribution in [0.4, 0.5) is 0 Å². The van der Waals surface area contributed by atoms with E-state index in [1.54, 1.807) is 32.4 Å². The van der Waals surface area contributed by atoms with Crippen LogP contribution in [0.3, 0.4) is 0 Å². The van der Waals surface area contributed by atoms with E-state index in [0.29, 0.717) is 33.4 Å². The molecule has 0 aliphatic rings. The van der Waals surface area contributed by atoms with Crippen molar-refractivity contribution in [2.45, 2.75) is 5.33 Å². The fourth-order valence-corrected chi connectivity index (χ4v) is 2.70. The Bertz CT molecular complexity index is 579. The van der Waals surface area contributed by atoms with Crippen molar-refractivity contribution in [3.05, 3.63) is 47.0 Å². The second-order valence-corrected chi connectivity index (χ2v) is 4.97. The maximum Gasteiger partial charge on any atom is 0.134 e. The first-order valence-corrected chi connectivity index (χ1v) is 7.42. The summed E-state index contributed by atoms with van der Waals surface area (Å²) in [5.74, 6) is 2.67. The van der Waals surface area contributed by atoms with E-state index < -0.39 is 0 Å². The SMILES string of the molecule is COc1cc(OC)cc(Oc2cccc(Cl)c2CBr)c1. The molecule has 20 heavy (non-hydrogen) atoms. The lowest BCUT2D eigenvalue weighted by atomic mass is 10.2. The van der Waals surface area contributed by atoms with E-state index in [1.165, 1.54) is 0 Å². The molecule has 0 saturated carbocycles. The van der Waals surface area contributed by atoms with Crippen molar-refractivity contribution in [3.63, 3.8) is 0 Å². The predicted molar refractivity (Wildman–Crippen MR) is 83.7 cm³/mol. The first kappa shape index (κ1) is 15.0. The summed E-state index contributed by atoms with van der Waals surface area (Å²) in [5.41, 5.74) is 0.899. The molecule has 0 spiro atoms. The Kier molecular flexibility index (Phi) is 5.15. The molecule has 0 unspecified atom stereocenters. The van der Waals surface area contributed by atoms with Gasteiger partial charge < -0.3 is 14.2 Å². The molecule has 2 rings (SSSR count). The molecule has 0 fully saturated rings. The van der Waals surface area contributed by atoms with Gasteiger partial charge in [0, 0.05) is 34.1 Å². The van der Waals surface area contributed by atoms with Crippen molar-refractivity contribution < 1.29 is 14.2 Å². The van der Waals surface area contributed by atoms with Gasteiger partial charge in [0.2, 0.25) is 0 Å². The molecule has 106 valence electrons. The molecule has 0 amide bonds. The van der Waals surface area contributed by atoms with Crippen LogP contribution in [-0.4, -0.2) is 14.2 Å². The maximum atomic E-state index is 6.15. The van der Waals surface area contributed by atoms with Crippen molar-refractivity contribution in [1.29, 1.82) is 0 Å². The number of benzene rings is 2. The van der Waals surface area contributed by atoms with Crippen LogP contribution < -0.4 is 14.2 Å². The maximum absolute atomic E-state index is 6.15. The molecule has 0 radical (unpaired) electrons. The van der Waals surface area contributed by atoms with Crippen LogP contribution in [0.1, 0.15) is 5.56 Å². The lowest BCUT2D eigenvalue weighted by molar-refractivity contribution is 0.386. The average molecular weight is 358 g/mol. The van der Waals surface area contributed by atoms with E-state index in [9.17, 15) is 0 Å². The topological polar surface area (TPSA) is 27.7 Å². The van der Waals surface area contributed by atoms with Crippen LogP contribution in [0.2, 0.25) is 5.02 Å². The molecule has 0 aliphatic heterocycles. The van der Waals surface area contributed by atoms with Crippen LogP contribution >= 0.6 is 27.5 Å². The van der Waals surface area contributed by atoms with Gasteiger partial charge >= 0.3 is 0 Å². The number of ether oxygens (including phenoxy) is 3. The minimum Gasteiger partial charge on any atom is -0.496 e. The Labute approximate surface area is 131 Å². The van der Waals surface area contributed by atoms with Gasteiger partial charge in [-0.3, -0.25) is 0 Å². The van der Waals surface area contributed by atoms with E-state index in [4.69, 9.17) is 25.8 Å². The van der Waals surface area contributed by atoms with E-state index >= 15 is 0 Å². The summed E-state index contributed by atoms with van der Waals surface area (Å²) >= 11 is 9.57. The summed E-state index contributed by atoms with van der Waals surface area (Å²) in [5, 5.41) is 1.28. The lowest BCUT2D eigenvalue weighted by Gasteiger charge is -2.13. The Morgan fingerprint density at radius 2 is 1.60 bits per heavy atom. The number of halogens is 2. The zero-order chi connectivity index (χ0) is 14.5. The first-order chi connectivity index (χ1) is 9.67. The minimum absolute atomic E-state index is 0.614. The summed E-state index contributed by atoms with van der Waals surface area (Å²) in [6.45, 7) is 0. The summed E-state index contributed by atoms with van der Waals surface area (Å²) < 4.78 is 16.3. The molecular formula is C15H14BrClO3. The van der Waals surface area contributed by atoms with E-state index in [2.05, 4.69) is 15.9 Å². The second kappa shape index (κ2) is 6.86. The monoisotopic (exact) mass is 356 g/mol. The number of rotatable bonds is 5. The van der Waals surface area contributed by atoms with E-state index in [-0.39, 0.29) is 0 Å². The lowest BCUT2D eigenvalue weighted by Crippen LogP contribution is -1.93. The molecular weight excluding hydrogens is 344 g/mol. The number of methoxy groups -OCH3 is 2. The zero-order valence-electron chi connectivity index (χ0n) is 11.2. The van der Waals surface area contributed by atoms with Gasteiger partial charge in [-0.15, -0.1) is 0 Å². The van der Waals surface area contributed by atoms with Gasteiger partial charge in [-0.1, -0.05) is 33.6 Å². The van der Waals surface area contributed by atoms with Crippen LogP contribution in [0.25, 0.3) is 0 Å². The van der Waals surface area contributed by atoms with Crippen LogP contribution in [0.15, 0.2) is 36.4 Å². The predicted octanol–water partition coefficient (Wildman–Crippen LogP) is 5.04. The van der Waals surface area contributed by atoms with E-state index in [1.807, 2.05) is 18.2 Å². The van der Waals surface area contributed by atoms with Crippen molar-refractivity contribution in [1.82, 2.24) is 0 Å². The van der Waals surface area contributed by atoms with Crippen LogP contribution in [-0.2, 0) is 5.33 Å². The van der Waals surface area contributed by atoms with Gasteiger partial charge in [0.05, 0.1) is 14.2 Å². The molecule has 0 saturated heterocycles. The Morgan fingerprint density at radius 3 is 2.15 bits per heavy atom.